The summed E-state index contributed by atoms with van der Waals surface area (Å²) in [7, 11) is -0.758. The molecule has 1 unspecified atom stereocenters. The molecule has 0 saturated heterocycles. The van der Waals surface area contributed by atoms with E-state index in [9.17, 15) is 8.42 Å². The van der Waals surface area contributed by atoms with Gasteiger partial charge in [-0.25, -0.2) is 13.1 Å². The van der Waals surface area contributed by atoms with E-state index in [1.54, 1.807) is 6.07 Å². The molecule has 1 atom stereocenters. The molecule has 0 spiro atoms. The summed E-state index contributed by atoms with van der Waals surface area (Å²) in [5.74, 6) is 0.823. The van der Waals surface area contributed by atoms with Gasteiger partial charge in [0.25, 0.3) is 0 Å². The number of sulfonamides is 1. The molecule has 0 aliphatic carbocycles. The summed E-state index contributed by atoms with van der Waals surface area (Å²) < 4.78 is 39.7. The third-order valence-corrected chi connectivity index (χ3v) is 7.26. The molecule has 0 fully saturated rings. The molecule has 8 heteroatoms. The summed E-state index contributed by atoms with van der Waals surface area (Å²) >= 11 is 3.34. The molecule has 0 aliphatic rings. The van der Waals surface area contributed by atoms with E-state index in [0.717, 1.165) is 19.5 Å². The van der Waals surface area contributed by atoms with Crippen molar-refractivity contribution in [1.29, 1.82) is 0 Å². The van der Waals surface area contributed by atoms with Gasteiger partial charge in [0.1, 0.15) is 4.90 Å². The molecule has 0 aromatic heterocycles. The molecular weight excluding hydrogens is 456 g/mol. The highest BCUT2D eigenvalue weighted by molar-refractivity contribution is 9.10. The SMILES string of the molecule is CCN(CC)C(CNS(=O)(=O)c1cc(OC)c(OC)cc1Br)Cc1ccccc1. The van der Waals surface area contributed by atoms with E-state index in [1.165, 1.54) is 25.8 Å². The number of hydrogen-bond acceptors (Lipinski definition) is 5. The van der Waals surface area contributed by atoms with Crippen LogP contribution in [-0.4, -0.2) is 53.2 Å². The molecule has 0 heterocycles. The van der Waals surface area contributed by atoms with Crippen molar-refractivity contribution in [2.75, 3.05) is 33.9 Å². The van der Waals surface area contributed by atoms with Crippen molar-refractivity contribution in [2.45, 2.75) is 31.2 Å². The monoisotopic (exact) mass is 484 g/mol. The number of likely N-dealkylation sites (N-methyl/N-ethyl adjacent to an activating group) is 1. The fourth-order valence-corrected chi connectivity index (χ4v) is 5.39. The number of ether oxygens (including phenoxy) is 2. The highest BCUT2D eigenvalue weighted by atomic mass is 79.9. The van der Waals surface area contributed by atoms with Crippen LogP contribution in [0.2, 0.25) is 0 Å². The van der Waals surface area contributed by atoms with E-state index in [4.69, 9.17) is 9.47 Å². The molecular formula is C21H29BrN2O4S. The molecule has 2 aromatic rings. The Morgan fingerprint density at radius 2 is 1.62 bits per heavy atom. The van der Waals surface area contributed by atoms with E-state index in [1.807, 2.05) is 18.2 Å². The fraction of sp³-hybridized carbons (Fsp3) is 0.429. The third kappa shape index (κ3) is 6.18. The maximum Gasteiger partial charge on any atom is 0.241 e. The van der Waals surface area contributed by atoms with Gasteiger partial charge in [-0.1, -0.05) is 44.2 Å². The molecule has 160 valence electrons. The highest BCUT2D eigenvalue weighted by Gasteiger charge is 2.24. The number of halogens is 1. The minimum atomic E-state index is -3.74. The van der Waals surface area contributed by atoms with Gasteiger partial charge in [-0.05, 0) is 47.1 Å². The number of nitrogens with zero attached hydrogens (tertiary/aromatic N) is 1. The summed E-state index contributed by atoms with van der Waals surface area (Å²) in [6, 6.07) is 13.2. The van der Waals surface area contributed by atoms with Gasteiger partial charge in [-0.2, -0.15) is 0 Å². The largest absolute Gasteiger partial charge is 0.493 e. The van der Waals surface area contributed by atoms with Crippen LogP contribution >= 0.6 is 15.9 Å². The minimum absolute atomic E-state index is 0.0427. The van der Waals surface area contributed by atoms with E-state index < -0.39 is 10.0 Å². The average molecular weight is 485 g/mol. The van der Waals surface area contributed by atoms with Crippen molar-refractivity contribution in [3.8, 4) is 11.5 Å². The van der Waals surface area contributed by atoms with E-state index in [-0.39, 0.29) is 10.9 Å². The van der Waals surface area contributed by atoms with Crippen molar-refractivity contribution < 1.29 is 17.9 Å². The lowest BCUT2D eigenvalue weighted by molar-refractivity contribution is 0.216. The summed E-state index contributed by atoms with van der Waals surface area (Å²) in [5.41, 5.74) is 1.18. The number of rotatable bonds is 11. The molecule has 0 radical (unpaired) electrons. The van der Waals surface area contributed by atoms with Crippen LogP contribution in [0.5, 0.6) is 11.5 Å². The van der Waals surface area contributed by atoms with Crippen molar-refractivity contribution in [3.63, 3.8) is 0 Å². The first-order valence-electron chi connectivity index (χ1n) is 9.55. The molecule has 0 amide bonds. The van der Waals surface area contributed by atoms with E-state index >= 15 is 0 Å². The highest BCUT2D eigenvalue weighted by Crippen LogP contribution is 2.35. The Labute approximate surface area is 182 Å². The standard InChI is InChI=1S/C21H29BrN2O4S/c1-5-24(6-2)17(12-16-10-8-7-9-11-16)15-23-29(25,26)21-14-20(28-4)19(27-3)13-18(21)22/h7-11,13-14,17,23H,5-6,12,15H2,1-4H3. The Hall–Kier alpha value is -1.61. The van der Waals surface area contributed by atoms with Crippen LogP contribution in [0.3, 0.4) is 0 Å². The lowest BCUT2D eigenvalue weighted by atomic mass is 10.0. The Bertz CT molecular complexity index is 887. The molecule has 1 N–H and O–H groups in total. The van der Waals surface area contributed by atoms with Gasteiger partial charge in [0, 0.05) is 23.1 Å². The van der Waals surface area contributed by atoms with Crippen LogP contribution in [0.4, 0.5) is 0 Å². The molecule has 0 aliphatic heterocycles. The van der Waals surface area contributed by atoms with Crippen molar-refractivity contribution in [1.82, 2.24) is 9.62 Å². The fourth-order valence-electron chi connectivity index (χ4n) is 3.28. The Morgan fingerprint density at radius 3 is 2.17 bits per heavy atom. The van der Waals surface area contributed by atoms with Gasteiger partial charge in [-0.3, -0.25) is 4.90 Å². The first kappa shape index (κ1) is 23.7. The number of hydrogen-bond donors (Lipinski definition) is 1. The normalized spacial score (nSPS) is 12.8. The third-order valence-electron chi connectivity index (χ3n) is 4.88. The predicted octanol–water partition coefficient (Wildman–Crippen LogP) is 3.70. The number of methoxy groups -OCH3 is 2. The van der Waals surface area contributed by atoms with Crippen molar-refractivity contribution in [2.24, 2.45) is 0 Å². The molecule has 29 heavy (non-hydrogen) atoms. The van der Waals surface area contributed by atoms with Crippen molar-refractivity contribution in [3.05, 3.63) is 52.5 Å². The minimum Gasteiger partial charge on any atom is -0.493 e. The maximum atomic E-state index is 13.0. The quantitative estimate of drug-likeness (QED) is 0.526. The first-order chi connectivity index (χ1) is 13.9. The molecule has 2 aromatic carbocycles. The van der Waals surface area contributed by atoms with Crippen LogP contribution in [0.1, 0.15) is 19.4 Å². The molecule has 0 saturated carbocycles. The number of nitrogens with one attached hydrogen (secondary N) is 1. The molecule has 6 nitrogen and oxygen atoms in total. The van der Waals surface area contributed by atoms with Crippen LogP contribution < -0.4 is 14.2 Å². The Kier molecular flexibility index (Phi) is 8.95. The second-order valence-corrected chi connectivity index (χ2v) is 9.14. The van der Waals surface area contributed by atoms with Crippen LogP contribution in [0, 0.1) is 0 Å². The maximum absolute atomic E-state index is 13.0. The zero-order valence-electron chi connectivity index (χ0n) is 17.3. The first-order valence-corrected chi connectivity index (χ1v) is 11.8. The smallest absolute Gasteiger partial charge is 0.241 e. The van der Waals surface area contributed by atoms with Gasteiger partial charge in [0.2, 0.25) is 10.0 Å². The second-order valence-electron chi connectivity index (χ2n) is 6.55. The van der Waals surface area contributed by atoms with Gasteiger partial charge in [0.15, 0.2) is 11.5 Å². The van der Waals surface area contributed by atoms with Crippen LogP contribution in [0.25, 0.3) is 0 Å². The summed E-state index contributed by atoms with van der Waals surface area (Å²) in [4.78, 5) is 2.38. The lowest BCUT2D eigenvalue weighted by Gasteiger charge is -2.30. The van der Waals surface area contributed by atoms with E-state index in [0.29, 0.717) is 22.5 Å². The number of benzene rings is 2. The Morgan fingerprint density at radius 1 is 1.03 bits per heavy atom. The summed E-state index contributed by atoms with van der Waals surface area (Å²) in [5, 5.41) is 0. The lowest BCUT2D eigenvalue weighted by Crippen LogP contribution is -2.45. The summed E-state index contributed by atoms with van der Waals surface area (Å²) in [6.07, 6.45) is 0.762. The average Bonchev–Trinajstić information content (AvgIpc) is 2.73. The summed E-state index contributed by atoms with van der Waals surface area (Å²) in [6.45, 7) is 6.16. The van der Waals surface area contributed by atoms with Gasteiger partial charge in [-0.15, -0.1) is 0 Å². The van der Waals surface area contributed by atoms with Gasteiger partial charge >= 0.3 is 0 Å². The van der Waals surface area contributed by atoms with Crippen LogP contribution in [-0.2, 0) is 16.4 Å². The predicted molar refractivity (Wildman–Crippen MR) is 119 cm³/mol. The zero-order chi connectivity index (χ0) is 21.4. The second kappa shape index (κ2) is 11.0. The topological polar surface area (TPSA) is 67.9 Å². The van der Waals surface area contributed by atoms with Crippen LogP contribution in [0.15, 0.2) is 51.8 Å². The Balaban J connectivity index is 2.25. The van der Waals surface area contributed by atoms with Crippen molar-refractivity contribution >= 4 is 26.0 Å². The molecule has 0 bridgehead atoms. The zero-order valence-corrected chi connectivity index (χ0v) is 19.7. The molecule has 2 rings (SSSR count). The van der Waals surface area contributed by atoms with E-state index in [2.05, 4.69) is 51.5 Å². The van der Waals surface area contributed by atoms with Gasteiger partial charge in [0.05, 0.1) is 14.2 Å². The van der Waals surface area contributed by atoms with Gasteiger partial charge < -0.3 is 9.47 Å².